The van der Waals surface area contributed by atoms with Crippen LogP contribution in [0.4, 0.5) is 0 Å². The Morgan fingerprint density at radius 2 is 1.88 bits per heavy atom. The van der Waals surface area contributed by atoms with Gasteiger partial charge in [-0.25, -0.2) is 0 Å². The molecule has 34 heavy (non-hydrogen) atoms. The molecule has 2 aromatic rings. The van der Waals surface area contributed by atoms with E-state index in [1.165, 1.54) is 56.2 Å². The van der Waals surface area contributed by atoms with Gasteiger partial charge in [0, 0.05) is 43.7 Å². The number of carbonyl (C=O) groups is 1. The summed E-state index contributed by atoms with van der Waals surface area (Å²) in [6, 6.07) is 15.3. The Bertz CT molecular complexity index is 1020. The van der Waals surface area contributed by atoms with E-state index in [4.69, 9.17) is 0 Å². The van der Waals surface area contributed by atoms with Gasteiger partial charge in [-0.05, 0) is 87.7 Å². The number of amides is 1. The van der Waals surface area contributed by atoms with E-state index in [0.717, 1.165) is 31.7 Å². The predicted octanol–water partition coefficient (Wildman–Crippen LogP) is 4.51. The first-order chi connectivity index (χ1) is 16.4. The number of likely N-dealkylation sites (tertiary alicyclic amines) is 1. The van der Waals surface area contributed by atoms with Crippen molar-refractivity contribution in [3.8, 4) is 5.75 Å². The van der Waals surface area contributed by atoms with Crippen LogP contribution in [0.25, 0.3) is 0 Å². The lowest BCUT2D eigenvalue weighted by molar-refractivity contribution is -0.0211. The van der Waals surface area contributed by atoms with E-state index < -0.39 is 0 Å². The Hall–Kier alpha value is -2.37. The van der Waals surface area contributed by atoms with Crippen LogP contribution in [0.5, 0.6) is 5.75 Å². The molecule has 0 bridgehead atoms. The maximum Gasteiger partial charge on any atom is 0.257 e. The van der Waals surface area contributed by atoms with Gasteiger partial charge in [0.2, 0.25) is 0 Å². The Labute approximate surface area is 204 Å². The van der Waals surface area contributed by atoms with Crippen LogP contribution in [-0.2, 0) is 13.0 Å². The van der Waals surface area contributed by atoms with Crippen LogP contribution in [0.1, 0.15) is 66.1 Å². The summed E-state index contributed by atoms with van der Waals surface area (Å²) in [6.45, 7) is 9.25. The average molecular weight is 462 g/mol. The lowest BCUT2D eigenvalue weighted by atomic mass is 9.67. The highest BCUT2D eigenvalue weighted by Gasteiger charge is 2.47. The van der Waals surface area contributed by atoms with Crippen LogP contribution in [0.15, 0.2) is 42.5 Å². The Kier molecular flexibility index (Phi) is 6.67. The standard InChI is InChI=1S/C29H39N3O2/c1-21-9-10-26(27(33)16-21)28(34)32-19-29(20-32)13-11-25(12-14-29)30-22(2)17-31-15-5-8-23-6-3-4-7-24(23)18-31/h3-4,6-7,9-10,16,22,25,30,33H,5,8,11-15,17-20H2,1-2H3/t22-/m1/s1. The summed E-state index contributed by atoms with van der Waals surface area (Å²) < 4.78 is 0. The van der Waals surface area contributed by atoms with Crippen molar-refractivity contribution in [2.75, 3.05) is 26.2 Å². The number of benzene rings is 2. The fraction of sp³-hybridized carbons (Fsp3) is 0.552. The first-order valence-corrected chi connectivity index (χ1v) is 13.0. The number of fused-ring (bicyclic) bond motifs is 1. The lowest BCUT2D eigenvalue weighted by Gasteiger charge is -2.53. The summed E-state index contributed by atoms with van der Waals surface area (Å²) in [5, 5.41) is 14.1. The van der Waals surface area contributed by atoms with Crippen LogP contribution in [0.3, 0.4) is 0 Å². The number of nitrogens with one attached hydrogen (secondary N) is 1. The van der Waals surface area contributed by atoms with Crippen molar-refractivity contribution < 1.29 is 9.90 Å². The number of aromatic hydroxyl groups is 1. The molecule has 2 aromatic carbocycles. The first kappa shape index (κ1) is 23.4. The first-order valence-electron chi connectivity index (χ1n) is 13.0. The fourth-order valence-electron chi connectivity index (χ4n) is 6.38. The molecule has 3 aliphatic rings. The zero-order valence-electron chi connectivity index (χ0n) is 20.7. The molecule has 1 atom stereocenters. The van der Waals surface area contributed by atoms with E-state index in [1.54, 1.807) is 12.1 Å². The molecule has 1 saturated carbocycles. The molecule has 2 N–H and O–H groups in total. The van der Waals surface area contributed by atoms with Gasteiger partial charge in [-0.2, -0.15) is 0 Å². The molecule has 2 fully saturated rings. The smallest absolute Gasteiger partial charge is 0.257 e. The third-order valence-corrected chi connectivity index (χ3v) is 8.25. The highest BCUT2D eigenvalue weighted by molar-refractivity contribution is 5.97. The van der Waals surface area contributed by atoms with E-state index in [2.05, 4.69) is 41.4 Å². The molecule has 2 heterocycles. The average Bonchev–Trinajstić information content (AvgIpc) is 2.99. The second-order valence-electron chi connectivity index (χ2n) is 11.1. The quantitative estimate of drug-likeness (QED) is 0.688. The molecule has 5 rings (SSSR count). The van der Waals surface area contributed by atoms with Crippen molar-refractivity contribution >= 4 is 5.91 Å². The van der Waals surface area contributed by atoms with Gasteiger partial charge in [0.15, 0.2) is 0 Å². The van der Waals surface area contributed by atoms with Crippen LogP contribution in [-0.4, -0.2) is 59.1 Å². The molecule has 0 radical (unpaired) electrons. The van der Waals surface area contributed by atoms with Crippen molar-refractivity contribution in [1.29, 1.82) is 0 Å². The number of phenolic OH excluding ortho intramolecular Hbond substituents is 1. The maximum atomic E-state index is 12.8. The van der Waals surface area contributed by atoms with Gasteiger partial charge in [0.1, 0.15) is 5.75 Å². The molecule has 0 unspecified atom stereocenters. The second-order valence-corrected chi connectivity index (χ2v) is 11.1. The third-order valence-electron chi connectivity index (χ3n) is 8.25. The van der Waals surface area contributed by atoms with Crippen molar-refractivity contribution in [3.05, 3.63) is 64.7 Å². The molecule has 2 aliphatic heterocycles. The zero-order valence-corrected chi connectivity index (χ0v) is 20.7. The van der Waals surface area contributed by atoms with E-state index in [9.17, 15) is 9.90 Å². The molecule has 0 aromatic heterocycles. The lowest BCUT2D eigenvalue weighted by Crippen LogP contribution is -2.60. The normalized spacial score (nSPS) is 21.5. The van der Waals surface area contributed by atoms with Crippen molar-refractivity contribution in [2.24, 2.45) is 5.41 Å². The van der Waals surface area contributed by atoms with E-state index in [-0.39, 0.29) is 17.1 Å². The van der Waals surface area contributed by atoms with Crippen molar-refractivity contribution in [2.45, 2.75) is 71.0 Å². The van der Waals surface area contributed by atoms with Gasteiger partial charge in [-0.1, -0.05) is 30.3 Å². The highest BCUT2D eigenvalue weighted by atomic mass is 16.3. The summed E-state index contributed by atoms with van der Waals surface area (Å²) in [4.78, 5) is 17.4. The zero-order chi connectivity index (χ0) is 23.7. The Morgan fingerprint density at radius 1 is 1.15 bits per heavy atom. The Morgan fingerprint density at radius 3 is 2.62 bits per heavy atom. The predicted molar refractivity (Wildman–Crippen MR) is 136 cm³/mol. The summed E-state index contributed by atoms with van der Waals surface area (Å²) in [6.07, 6.45) is 7.17. The molecule has 5 heteroatoms. The number of carbonyl (C=O) groups excluding carboxylic acids is 1. The minimum absolute atomic E-state index is 0.0315. The molecule has 1 saturated heterocycles. The van der Waals surface area contributed by atoms with Crippen LogP contribution >= 0.6 is 0 Å². The fourth-order valence-corrected chi connectivity index (χ4v) is 6.38. The Balaban J connectivity index is 1.07. The minimum atomic E-state index is -0.0315. The van der Waals surface area contributed by atoms with Gasteiger partial charge < -0.3 is 15.3 Å². The number of aryl methyl sites for hydroxylation is 2. The summed E-state index contributed by atoms with van der Waals surface area (Å²) >= 11 is 0. The number of hydrogen-bond donors (Lipinski definition) is 2. The molecular weight excluding hydrogens is 422 g/mol. The monoisotopic (exact) mass is 461 g/mol. The molecule has 1 aliphatic carbocycles. The maximum absolute atomic E-state index is 12.8. The van der Waals surface area contributed by atoms with E-state index >= 15 is 0 Å². The molecule has 1 spiro atoms. The van der Waals surface area contributed by atoms with Crippen molar-refractivity contribution in [1.82, 2.24) is 15.1 Å². The SMILES string of the molecule is Cc1ccc(C(=O)N2CC3(CCC(N[C@H](C)CN4CCCc5ccccc5C4)CC3)C2)c(O)c1. The van der Waals surface area contributed by atoms with E-state index in [1.807, 2.05) is 17.9 Å². The largest absolute Gasteiger partial charge is 0.507 e. The molecule has 1 amide bonds. The molecular formula is C29H39N3O2. The number of rotatable bonds is 5. The van der Waals surface area contributed by atoms with Gasteiger partial charge >= 0.3 is 0 Å². The topological polar surface area (TPSA) is 55.8 Å². The van der Waals surface area contributed by atoms with Gasteiger partial charge in [0.05, 0.1) is 5.56 Å². The molecule has 182 valence electrons. The number of nitrogens with zero attached hydrogens (tertiary/aromatic N) is 2. The summed E-state index contributed by atoms with van der Waals surface area (Å²) in [5.74, 6) is 0.0664. The third kappa shape index (κ3) is 5.01. The van der Waals surface area contributed by atoms with Crippen molar-refractivity contribution in [3.63, 3.8) is 0 Å². The van der Waals surface area contributed by atoms with Gasteiger partial charge in [-0.15, -0.1) is 0 Å². The molecule has 5 nitrogen and oxygen atoms in total. The summed E-state index contributed by atoms with van der Waals surface area (Å²) in [5.41, 5.74) is 4.70. The van der Waals surface area contributed by atoms with Gasteiger partial charge in [0.25, 0.3) is 5.91 Å². The van der Waals surface area contributed by atoms with Gasteiger partial charge in [-0.3, -0.25) is 9.69 Å². The number of phenols is 1. The summed E-state index contributed by atoms with van der Waals surface area (Å²) in [7, 11) is 0. The minimum Gasteiger partial charge on any atom is -0.507 e. The van der Waals surface area contributed by atoms with Crippen LogP contribution in [0.2, 0.25) is 0 Å². The second kappa shape index (κ2) is 9.71. The van der Waals surface area contributed by atoms with E-state index in [0.29, 0.717) is 17.6 Å². The van der Waals surface area contributed by atoms with Crippen LogP contribution in [0, 0.1) is 12.3 Å². The highest BCUT2D eigenvalue weighted by Crippen LogP contribution is 2.44. The number of hydrogen-bond acceptors (Lipinski definition) is 4. The van der Waals surface area contributed by atoms with Crippen LogP contribution < -0.4 is 5.32 Å².